The summed E-state index contributed by atoms with van der Waals surface area (Å²) < 4.78 is 40.5. The van der Waals surface area contributed by atoms with E-state index in [9.17, 15) is 17.6 Å². The number of amides is 1. The lowest BCUT2D eigenvalue weighted by atomic mass is 10.2. The number of carbonyl (C=O) groups excluding carboxylic acids is 1. The van der Waals surface area contributed by atoms with E-state index in [1.807, 2.05) is 6.92 Å². The third-order valence-electron chi connectivity index (χ3n) is 3.96. The number of carbonyl (C=O) groups is 1. The lowest BCUT2D eigenvalue weighted by Crippen LogP contribution is -2.38. The molecular weight excluding hydrogens is 381 g/mol. The van der Waals surface area contributed by atoms with Crippen LogP contribution >= 0.6 is 0 Å². The Labute approximate surface area is 162 Å². The second-order valence-corrected chi connectivity index (χ2v) is 7.95. The Morgan fingerprint density at radius 2 is 1.75 bits per heavy atom. The average Bonchev–Trinajstić information content (AvgIpc) is 2.68. The quantitative estimate of drug-likeness (QED) is 0.689. The molecule has 0 spiro atoms. The topological polar surface area (TPSA) is 79.4 Å². The van der Waals surface area contributed by atoms with E-state index in [2.05, 4.69) is 10.3 Å². The lowest BCUT2D eigenvalue weighted by molar-refractivity contribution is -0.114. The molecule has 3 aromatic rings. The summed E-state index contributed by atoms with van der Waals surface area (Å²) >= 11 is 0. The van der Waals surface area contributed by atoms with Crippen molar-refractivity contribution in [1.29, 1.82) is 0 Å². The summed E-state index contributed by atoms with van der Waals surface area (Å²) in [4.78, 5) is 16.3. The molecule has 1 heterocycles. The van der Waals surface area contributed by atoms with Gasteiger partial charge in [-0.3, -0.25) is 14.1 Å². The van der Waals surface area contributed by atoms with Gasteiger partial charge in [0.2, 0.25) is 5.91 Å². The summed E-state index contributed by atoms with van der Waals surface area (Å²) in [6.07, 6.45) is 3.02. The first kappa shape index (κ1) is 19.5. The zero-order chi connectivity index (χ0) is 20.1. The maximum absolute atomic E-state index is 13.2. The molecule has 0 radical (unpaired) electrons. The fourth-order valence-corrected chi connectivity index (χ4v) is 3.95. The van der Waals surface area contributed by atoms with Gasteiger partial charge in [0.25, 0.3) is 10.0 Å². The van der Waals surface area contributed by atoms with Crippen molar-refractivity contribution < 1.29 is 17.6 Å². The molecule has 1 aromatic heterocycles. The van der Waals surface area contributed by atoms with Gasteiger partial charge in [-0.2, -0.15) is 0 Å². The highest BCUT2D eigenvalue weighted by atomic mass is 32.2. The van der Waals surface area contributed by atoms with E-state index in [1.165, 1.54) is 18.3 Å². The number of pyridine rings is 1. The second-order valence-electron chi connectivity index (χ2n) is 6.09. The molecule has 6 nitrogen and oxygen atoms in total. The summed E-state index contributed by atoms with van der Waals surface area (Å²) in [5.41, 5.74) is 1.73. The van der Waals surface area contributed by atoms with E-state index in [0.29, 0.717) is 11.4 Å². The summed E-state index contributed by atoms with van der Waals surface area (Å²) in [6, 6.07) is 14.5. The Kier molecular flexibility index (Phi) is 5.70. The first-order valence-electron chi connectivity index (χ1n) is 8.41. The summed E-state index contributed by atoms with van der Waals surface area (Å²) in [7, 11) is -4.08. The molecule has 2 aromatic carbocycles. The van der Waals surface area contributed by atoms with Crippen LogP contribution in [0.15, 0.2) is 78.0 Å². The first-order valence-corrected chi connectivity index (χ1v) is 9.85. The van der Waals surface area contributed by atoms with Crippen LogP contribution in [0.3, 0.4) is 0 Å². The van der Waals surface area contributed by atoms with E-state index >= 15 is 0 Å². The van der Waals surface area contributed by atoms with Gasteiger partial charge in [-0.1, -0.05) is 17.7 Å². The predicted molar refractivity (Wildman–Crippen MR) is 105 cm³/mol. The maximum Gasteiger partial charge on any atom is 0.264 e. The summed E-state index contributed by atoms with van der Waals surface area (Å²) in [5.74, 6) is -1.07. The fraction of sp³-hybridized carbons (Fsp3) is 0.100. The van der Waals surface area contributed by atoms with E-state index in [-0.39, 0.29) is 4.90 Å². The average molecular weight is 399 g/mol. The predicted octanol–water partition coefficient (Wildman–Crippen LogP) is 3.36. The van der Waals surface area contributed by atoms with Crippen LogP contribution in [0, 0.1) is 12.7 Å². The van der Waals surface area contributed by atoms with Gasteiger partial charge in [0.05, 0.1) is 22.5 Å². The molecule has 0 fully saturated rings. The smallest absolute Gasteiger partial charge is 0.264 e. The van der Waals surface area contributed by atoms with Gasteiger partial charge in [0.15, 0.2) is 0 Å². The first-order chi connectivity index (χ1) is 13.4. The number of benzene rings is 2. The number of hydrogen-bond acceptors (Lipinski definition) is 4. The fourth-order valence-electron chi connectivity index (χ4n) is 2.53. The molecule has 0 unspecified atom stereocenters. The molecule has 0 saturated carbocycles. The van der Waals surface area contributed by atoms with Crippen LogP contribution in [0.2, 0.25) is 0 Å². The van der Waals surface area contributed by atoms with Gasteiger partial charge in [-0.05, 0) is 55.5 Å². The molecule has 0 saturated heterocycles. The molecule has 1 N–H and O–H groups in total. The number of aryl methyl sites for hydroxylation is 1. The Bertz CT molecular complexity index is 1050. The molecule has 1 amide bonds. The Morgan fingerprint density at radius 1 is 1.07 bits per heavy atom. The molecule has 0 aliphatic carbocycles. The van der Waals surface area contributed by atoms with E-state index in [4.69, 9.17) is 0 Å². The van der Waals surface area contributed by atoms with Crippen molar-refractivity contribution >= 4 is 27.3 Å². The highest BCUT2D eigenvalue weighted by Crippen LogP contribution is 2.24. The Hall–Kier alpha value is -3.26. The van der Waals surface area contributed by atoms with Crippen molar-refractivity contribution in [2.24, 2.45) is 0 Å². The SMILES string of the molecule is Cc1ccc(N(CC(=O)Nc2cccnc2)S(=O)(=O)c2ccc(F)cc2)cc1. The van der Waals surface area contributed by atoms with Crippen LogP contribution in [-0.4, -0.2) is 25.9 Å². The van der Waals surface area contributed by atoms with Gasteiger partial charge < -0.3 is 5.32 Å². The Morgan fingerprint density at radius 3 is 2.36 bits per heavy atom. The van der Waals surface area contributed by atoms with E-state index in [0.717, 1.165) is 22.0 Å². The van der Waals surface area contributed by atoms with Gasteiger partial charge in [-0.25, -0.2) is 12.8 Å². The third kappa shape index (κ3) is 4.52. The number of rotatable bonds is 6. The summed E-state index contributed by atoms with van der Waals surface area (Å²) in [5, 5.41) is 2.62. The van der Waals surface area contributed by atoms with Crippen LogP contribution < -0.4 is 9.62 Å². The number of halogens is 1. The minimum Gasteiger partial charge on any atom is -0.323 e. The monoisotopic (exact) mass is 399 g/mol. The van der Waals surface area contributed by atoms with Crippen LogP contribution in [0.4, 0.5) is 15.8 Å². The maximum atomic E-state index is 13.2. The van der Waals surface area contributed by atoms with Crippen molar-refractivity contribution in [2.75, 3.05) is 16.2 Å². The third-order valence-corrected chi connectivity index (χ3v) is 5.74. The molecule has 144 valence electrons. The minimum atomic E-state index is -4.08. The van der Waals surface area contributed by atoms with Crippen molar-refractivity contribution in [1.82, 2.24) is 4.98 Å². The molecule has 0 bridgehead atoms. The Balaban J connectivity index is 1.94. The number of nitrogens with zero attached hydrogens (tertiary/aromatic N) is 2. The van der Waals surface area contributed by atoms with Gasteiger partial charge in [-0.15, -0.1) is 0 Å². The standard InChI is InChI=1S/C20H18FN3O3S/c1-15-4-8-18(9-5-15)24(14-20(25)23-17-3-2-12-22-13-17)28(26,27)19-10-6-16(21)7-11-19/h2-13H,14H2,1H3,(H,23,25). The normalized spacial score (nSPS) is 11.1. The number of aromatic nitrogens is 1. The minimum absolute atomic E-state index is 0.108. The molecular formula is C20H18FN3O3S. The highest BCUT2D eigenvalue weighted by molar-refractivity contribution is 7.92. The van der Waals surface area contributed by atoms with Crippen molar-refractivity contribution in [3.05, 3.63) is 84.4 Å². The van der Waals surface area contributed by atoms with Gasteiger partial charge >= 0.3 is 0 Å². The zero-order valence-electron chi connectivity index (χ0n) is 15.0. The molecule has 0 atom stereocenters. The van der Waals surface area contributed by atoms with Crippen molar-refractivity contribution in [3.8, 4) is 0 Å². The number of nitrogens with one attached hydrogen (secondary N) is 1. The van der Waals surface area contributed by atoms with Crippen LogP contribution in [0.5, 0.6) is 0 Å². The summed E-state index contributed by atoms with van der Waals surface area (Å²) in [6.45, 7) is 1.43. The molecule has 0 aliphatic rings. The van der Waals surface area contributed by atoms with Crippen LogP contribution in [-0.2, 0) is 14.8 Å². The van der Waals surface area contributed by atoms with E-state index in [1.54, 1.807) is 42.6 Å². The largest absolute Gasteiger partial charge is 0.323 e. The lowest BCUT2D eigenvalue weighted by Gasteiger charge is -2.24. The number of hydrogen-bond donors (Lipinski definition) is 1. The van der Waals surface area contributed by atoms with Crippen LogP contribution in [0.1, 0.15) is 5.56 Å². The van der Waals surface area contributed by atoms with Crippen molar-refractivity contribution in [2.45, 2.75) is 11.8 Å². The van der Waals surface area contributed by atoms with Gasteiger partial charge in [0, 0.05) is 6.20 Å². The molecule has 8 heteroatoms. The zero-order valence-corrected chi connectivity index (χ0v) is 15.9. The van der Waals surface area contributed by atoms with Crippen molar-refractivity contribution in [3.63, 3.8) is 0 Å². The molecule has 3 rings (SSSR count). The highest BCUT2D eigenvalue weighted by Gasteiger charge is 2.27. The number of sulfonamides is 1. The van der Waals surface area contributed by atoms with Crippen LogP contribution in [0.25, 0.3) is 0 Å². The number of anilines is 2. The second kappa shape index (κ2) is 8.18. The van der Waals surface area contributed by atoms with E-state index < -0.39 is 28.3 Å². The molecule has 0 aliphatic heterocycles. The van der Waals surface area contributed by atoms with Gasteiger partial charge in [0.1, 0.15) is 12.4 Å². The molecule has 28 heavy (non-hydrogen) atoms.